The van der Waals surface area contributed by atoms with Crippen molar-refractivity contribution in [3.05, 3.63) is 43.6 Å². The highest BCUT2D eigenvalue weighted by Crippen LogP contribution is 2.09. The first-order valence-corrected chi connectivity index (χ1v) is 5.53. The molecule has 0 aliphatic rings. The average molecular weight is 337 g/mol. The first kappa shape index (κ1) is 10.6. The summed E-state index contributed by atoms with van der Waals surface area (Å²) in [6.07, 6.45) is 4.75. The summed E-state index contributed by atoms with van der Waals surface area (Å²) in [5.41, 5.74) is -0.160. The Balaban J connectivity index is 2.38. The van der Waals surface area contributed by atoms with E-state index in [9.17, 15) is 4.79 Å². The Hall–Kier alpha value is -0.890. The van der Waals surface area contributed by atoms with Gasteiger partial charge in [-0.15, -0.1) is 0 Å². The van der Waals surface area contributed by atoms with E-state index in [0.717, 1.165) is 0 Å². The molecule has 0 aliphatic carbocycles. The van der Waals surface area contributed by atoms with Crippen molar-refractivity contribution in [2.24, 2.45) is 0 Å². The van der Waals surface area contributed by atoms with E-state index in [1.165, 1.54) is 10.9 Å². The number of imidazole rings is 1. The molecule has 1 N–H and O–H groups in total. The number of hydrogen-bond donors (Lipinski definition) is 1. The van der Waals surface area contributed by atoms with Gasteiger partial charge in [0.05, 0.1) is 12.9 Å². The lowest BCUT2D eigenvalue weighted by molar-refractivity contribution is 0.701. The van der Waals surface area contributed by atoms with E-state index in [0.29, 0.717) is 15.9 Å². The molecule has 0 unspecified atom stereocenters. The maximum atomic E-state index is 11.7. The highest BCUT2D eigenvalue weighted by atomic mass is 127. The van der Waals surface area contributed by atoms with Crippen molar-refractivity contribution in [2.75, 3.05) is 0 Å². The monoisotopic (exact) mass is 336 g/mol. The van der Waals surface area contributed by atoms with Gasteiger partial charge in [-0.2, -0.15) is 0 Å². The van der Waals surface area contributed by atoms with Gasteiger partial charge in [0.15, 0.2) is 0 Å². The van der Waals surface area contributed by atoms with E-state index in [1.54, 1.807) is 12.4 Å². The van der Waals surface area contributed by atoms with Crippen LogP contribution in [-0.2, 0) is 6.54 Å². The number of hydrogen-bond acceptors (Lipinski definition) is 3. The molecule has 0 aliphatic heterocycles. The van der Waals surface area contributed by atoms with Crippen LogP contribution >= 0.6 is 34.2 Å². The van der Waals surface area contributed by atoms with Crippen LogP contribution in [0.3, 0.4) is 0 Å². The molecular weight excluding hydrogens is 330 g/mol. The molecule has 0 atom stereocenters. The minimum Gasteiger partial charge on any atom is -0.347 e. The van der Waals surface area contributed by atoms with Gasteiger partial charge in [-0.3, -0.25) is 9.36 Å². The molecule has 0 aromatic carbocycles. The molecule has 78 valence electrons. The molecule has 2 aromatic rings. The normalized spacial score (nSPS) is 10.5. The van der Waals surface area contributed by atoms with Gasteiger partial charge >= 0.3 is 0 Å². The zero-order chi connectivity index (χ0) is 10.8. The predicted octanol–water partition coefficient (Wildman–Crippen LogP) is 1.27. The quantitative estimate of drug-likeness (QED) is 0.664. The Labute approximate surface area is 104 Å². The van der Waals surface area contributed by atoms with Gasteiger partial charge in [0.1, 0.15) is 14.5 Å². The second kappa shape index (κ2) is 4.31. The van der Waals surface area contributed by atoms with E-state index in [4.69, 9.17) is 11.6 Å². The fourth-order valence-electron chi connectivity index (χ4n) is 1.10. The zero-order valence-corrected chi connectivity index (χ0v) is 10.4. The number of nitrogens with one attached hydrogen (secondary N) is 1. The van der Waals surface area contributed by atoms with Crippen LogP contribution in [0.25, 0.3) is 0 Å². The van der Waals surface area contributed by atoms with Gasteiger partial charge in [-0.1, -0.05) is 11.6 Å². The molecule has 0 amide bonds. The second-order valence-electron chi connectivity index (χ2n) is 2.82. The summed E-state index contributed by atoms with van der Waals surface area (Å²) in [4.78, 5) is 22.5. The summed E-state index contributed by atoms with van der Waals surface area (Å²) in [6.45, 7) is 0.367. The van der Waals surface area contributed by atoms with E-state index in [1.807, 2.05) is 22.6 Å². The molecule has 2 aromatic heterocycles. The fourth-order valence-corrected chi connectivity index (χ4v) is 1.68. The lowest BCUT2D eigenvalue weighted by Gasteiger charge is -2.03. The van der Waals surface area contributed by atoms with Crippen molar-refractivity contribution in [1.82, 2.24) is 19.5 Å². The molecule has 0 spiro atoms. The Morgan fingerprint density at radius 3 is 3.00 bits per heavy atom. The van der Waals surface area contributed by atoms with Gasteiger partial charge in [-0.25, -0.2) is 9.97 Å². The summed E-state index contributed by atoms with van der Waals surface area (Å²) < 4.78 is 1.87. The number of rotatable bonds is 2. The number of aromatic amines is 1. The lowest BCUT2D eigenvalue weighted by atomic mass is 10.5. The largest absolute Gasteiger partial charge is 0.347 e. The number of H-pyrrole nitrogens is 1. The second-order valence-corrected chi connectivity index (χ2v) is 4.26. The van der Waals surface area contributed by atoms with Crippen molar-refractivity contribution < 1.29 is 0 Å². The summed E-state index contributed by atoms with van der Waals surface area (Å²) >= 11 is 7.59. The van der Waals surface area contributed by atoms with Gasteiger partial charge in [0, 0.05) is 12.4 Å². The smallest absolute Gasteiger partial charge is 0.268 e. The highest BCUT2D eigenvalue weighted by Gasteiger charge is 2.07. The first-order valence-electron chi connectivity index (χ1n) is 4.07. The molecule has 0 fully saturated rings. The van der Waals surface area contributed by atoms with Crippen molar-refractivity contribution in [3.8, 4) is 0 Å². The molecule has 2 rings (SSSR count). The summed E-state index contributed by atoms with van der Waals surface area (Å²) in [6, 6.07) is 0. The van der Waals surface area contributed by atoms with Crippen LogP contribution in [0.4, 0.5) is 0 Å². The average Bonchev–Trinajstić information content (AvgIpc) is 2.72. The van der Waals surface area contributed by atoms with Gasteiger partial charge < -0.3 is 4.98 Å². The minimum absolute atomic E-state index is 0.160. The van der Waals surface area contributed by atoms with Crippen molar-refractivity contribution in [1.29, 1.82) is 0 Å². The molecule has 7 heteroatoms. The Morgan fingerprint density at radius 1 is 1.53 bits per heavy atom. The number of aromatic nitrogens is 4. The maximum absolute atomic E-state index is 11.7. The first-order chi connectivity index (χ1) is 7.18. The molecule has 0 radical (unpaired) electrons. The maximum Gasteiger partial charge on any atom is 0.268 e. The van der Waals surface area contributed by atoms with E-state index < -0.39 is 0 Å². The minimum atomic E-state index is -0.160. The van der Waals surface area contributed by atoms with Gasteiger partial charge in [-0.05, 0) is 22.6 Å². The van der Waals surface area contributed by atoms with Gasteiger partial charge in [0.2, 0.25) is 0 Å². The van der Waals surface area contributed by atoms with Crippen LogP contribution in [0.5, 0.6) is 0 Å². The third-order valence-electron chi connectivity index (χ3n) is 1.82. The van der Waals surface area contributed by atoms with Crippen molar-refractivity contribution >= 4 is 34.2 Å². The third-order valence-corrected chi connectivity index (χ3v) is 3.39. The van der Waals surface area contributed by atoms with Crippen molar-refractivity contribution in [2.45, 2.75) is 6.54 Å². The highest BCUT2D eigenvalue weighted by molar-refractivity contribution is 14.1. The Morgan fingerprint density at radius 2 is 2.33 bits per heavy atom. The number of halogens is 2. The molecule has 0 saturated heterocycles. The predicted molar refractivity (Wildman–Crippen MR) is 63.9 cm³/mol. The van der Waals surface area contributed by atoms with Crippen LogP contribution in [0.2, 0.25) is 5.15 Å². The molecule has 0 bridgehead atoms. The standard InChI is InChI=1S/C8H6ClIN4O/c9-7-6(10)8(15)14(4-13-7)3-5-11-1-2-12-5/h1-2,4H,3H2,(H,11,12). The van der Waals surface area contributed by atoms with Crippen LogP contribution in [0.15, 0.2) is 23.5 Å². The summed E-state index contributed by atoms with van der Waals surface area (Å²) in [5.74, 6) is 0.706. The number of nitrogens with zero attached hydrogens (tertiary/aromatic N) is 3. The SMILES string of the molecule is O=c1c(I)c(Cl)ncn1Cc1ncc[nH]1. The molecular formula is C8H6ClIN4O. The van der Waals surface area contributed by atoms with Gasteiger partial charge in [0.25, 0.3) is 5.56 Å². The third kappa shape index (κ3) is 2.20. The van der Waals surface area contributed by atoms with E-state index in [2.05, 4.69) is 15.0 Å². The van der Waals surface area contributed by atoms with Crippen LogP contribution < -0.4 is 5.56 Å². The Bertz CT molecular complexity index is 522. The van der Waals surface area contributed by atoms with Crippen LogP contribution in [-0.4, -0.2) is 19.5 Å². The Kier molecular flexibility index (Phi) is 3.06. The van der Waals surface area contributed by atoms with Crippen LogP contribution in [0, 0.1) is 3.57 Å². The lowest BCUT2D eigenvalue weighted by Crippen LogP contribution is -2.24. The van der Waals surface area contributed by atoms with Crippen LogP contribution in [0.1, 0.15) is 5.82 Å². The molecule has 5 nitrogen and oxygen atoms in total. The van der Waals surface area contributed by atoms with E-state index >= 15 is 0 Å². The molecule has 15 heavy (non-hydrogen) atoms. The van der Waals surface area contributed by atoms with Crippen molar-refractivity contribution in [3.63, 3.8) is 0 Å². The topological polar surface area (TPSA) is 63.6 Å². The summed E-state index contributed by atoms with van der Waals surface area (Å²) in [7, 11) is 0. The fraction of sp³-hybridized carbons (Fsp3) is 0.125. The molecule has 2 heterocycles. The molecule has 0 saturated carbocycles. The zero-order valence-electron chi connectivity index (χ0n) is 7.44. The summed E-state index contributed by atoms with van der Waals surface area (Å²) in [5, 5.41) is 0.233. The van der Waals surface area contributed by atoms with E-state index in [-0.39, 0.29) is 10.7 Å².